The largest absolute Gasteiger partial charge is 0.247 e. The van der Waals surface area contributed by atoms with Crippen molar-refractivity contribution < 1.29 is 0 Å². The van der Waals surface area contributed by atoms with Crippen LogP contribution < -0.4 is 0 Å². The first-order valence-corrected chi connectivity index (χ1v) is 22.0. The summed E-state index contributed by atoms with van der Waals surface area (Å²) < 4.78 is 0. The number of para-hydroxylation sites is 1. The molecule has 0 amide bonds. The molecule has 2 nitrogen and oxygen atoms in total. The van der Waals surface area contributed by atoms with Crippen molar-refractivity contribution in [3.05, 3.63) is 195 Å². The number of benzene rings is 3. The molecule has 3 atom stereocenters. The van der Waals surface area contributed by atoms with Crippen LogP contribution in [0.3, 0.4) is 0 Å². The molecule has 2 heteroatoms. The van der Waals surface area contributed by atoms with Gasteiger partial charge in [0.2, 0.25) is 0 Å². The number of hydrogen-bond acceptors (Lipinski definition) is 2. The first-order chi connectivity index (χ1) is 29.1. The lowest BCUT2D eigenvalue weighted by Gasteiger charge is -2.38. The maximum absolute atomic E-state index is 5.59. The molecule has 0 fully saturated rings. The van der Waals surface area contributed by atoms with E-state index in [0.717, 1.165) is 73.8 Å². The van der Waals surface area contributed by atoms with Crippen molar-refractivity contribution in [3.63, 3.8) is 0 Å². The molecule has 3 unspecified atom stereocenters. The Hall–Kier alpha value is -6.12. The van der Waals surface area contributed by atoms with Gasteiger partial charge in [-0.15, -0.1) is 0 Å². The van der Waals surface area contributed by atoms with Gasteiger partial charge in [0.25, 0.3) is 0 Å². The maximum atomic E-state index is 5.59. The van der Waals surface area contributed by atoms with Gasteiger partial charge < -0.3 is 0 Å². The van der Waals surface area contributed by atoms with E-state index in [1.807, 2.05) is 0 Å². The van der Waals surface area contributed by atoms with E-state index < -0.39 is 0 Å². The highest BCUT2D eigenvalue weighted by Crippen LogP contribution is 2.51. The Morgan fingerprint density at radius 1 is 0.712 bits per heavy atom. The van der Waals surface area contributed by atoms with Gasteiger partial charge in [0.15, 0.2) is 0 Å². The predicted octanol–water partition coefficient (Wildman–Crippen LogP) is 14.7. The van der Waals surface area contributed by atoms with Crippen LogP contribution in [0, 0.1) is 11.8 Å². The summed E-state index contributed by atoms with van der Waals surface area (Å²) in [7, 11) is 0. The summed E-state index contributed by atoms with van der Waals surface area (Å²) >= 11 is 0. The maximum Gasteiger partial charge on any atom is 0.0788 e. The molecule has 2 heterocycles. The second-order valence-electron chi connectivity index (χ2n) is 17.2. The number of aromatic nitrogens is 2. The summed E-state index contributed by atoms with van der Waals surface area (Å²) in [5.74, 6) is 1.00. The van der Waals surface area contributed by atoms with Gasteiger partial charge in [-0.1, -0.05) is 141 Å². The SMILES string of the molecule is CC/C=C\C1=Cc2nc(C3=CCCC=C3)c3c(c2CC1C)C1C=CC=CC1C(C1=CC(c2cc4c(-c5ccccc5)nc5ccccc5c4c4c2C=CCC4)=CCC1)=C3. The lowest BCUT2D eigenvalue weighted by molar-refractivity contribution is 0.621. The van der Waals surface area contributed by atoms with E-state index in [4.69, 9.17) is 9.97 Å². The van der Waals surface area contributed by atoms with Crippen molar-refractivity contribution in [2.45, 2.75) is 71.1 Å². The van der Waals surface area contributed by atoms with Crippen molar-refractivity contribution in [2.24, 2.45) is 11.8 Å². The Bertz CT molecular complexity index is 2900. The molecule has 0 saturated heterocycles. The number of nitrogens with zero attached hydrogens (tertiary/aromatic N) is 2. The monoisotopic (exact) mass is 762 g/mol. The number of hydrogen-bond donors (Lipinski definition) is 0. The third-order valence-corrected chi connectivity index (χ3v) is 13.6. The van der Waals surface area contributed by atoms with Crippen LogP contribution >= 0.6 is 0 Å². The van der Waals surface area contributed by atoms with Crippen molar-refractivity contribution in [1.82, 2.24) is 9.97 Å². The molecule has 0 bridgehead atoms. The molecule has 0 spiro atoms. The molecule has 5 aromatic rings. The zero-order valence-corrected chi connectivity index (χ0v) is 34.2. The van der Waals surface area contributed by atoms with Crippen molar-refractivity contribution in [2.75, 3.05) is 0 Å². The van der Waals surface area contributed by atoms with E-state index in [9.17, 15) is 0 Å². The van der Waals surface area contributed by atoms with Gasteiger partial charge in [0, 0.05) is 33.7 Å². The molecule has 2 aromatic heterocycles. The number of rotatable bonds is 6. The molecular weight excluding hydrogens is 713 g/mol. The summed E-state index contributed by atoms with van der Waals surface area (Å²) in [4.78, 5) is 11.0. The summed E-state index contributed by atoms with van der Waals surface area (Å²) in [5.41, 5.74) is 20.9. The van der Waals surface area contributed by atoms with Gasteiger partial charge in [-0.05, 0) is 143 Å². The van der Waals surface area contributed by atoms with Crippen molar-refractivity contribution in [1.29, 1.82) is 0 Å². The molecule has 11 rings (SSSR count). The number of aryl methyl sites for hydroxylation is 1. The van der Waals surface area contributed by atoms with Crippen molar-refractivity contribution >= 4 is 51.0 Å². The van der Waals surface area contributed by atoms with Crippen LogP contribution in [0.15, 0.2) is 150 Å². The molecule has 59 heavy (non-hydrogen) atoms. The molecule has 6 aliphatic rings. The molecule has 0 saturated carbocycles. The molecule has 0 radical (unpaired) electrons. The number of pyridine rings is 2. The Balaban J connectivity index is 1.11. The number of fused-ring (bicyclic) bond motifs is 10. The minimum atomic E-state index is 0.270. The van der Waals surface area contributed by atoms with E-state index >= 15 is 0 Å². The molecule has 6 aliphatic carbocycles. The predicted molar refractivity (Wildman–Crippen MR) is 251 cm³/mol. The van der Waals surface area contributed by atoms with Crippen LogP contribution in [0.5, 0.6) is 0 Å². The lowest BCUT2D eigenvalue weighted by Crippen LogP contribution is -2.25. The summed E-state index contributed by atoms with van der Waals surface area (Å²) in [6.45, 7) is 4.61. The van der Waals surface area contributed by atoms with Gasteiger partial charge in [-0.2, -0.15) is 0 Å². The van der Waals surface area contributed by atoms with E-state index in [0.29, 0.717) is 5.92 Å². The topological polar surface area (TPSA) is 25.8 Å². The minimum absolute atomic E-state index is 0.270. The molecular formula is C57H50N2. The van der Waals surface area contributed by atoms with Crippen LogP contribution in [-0.2, 0) is 12.8 Å². The van der Waals surface area contributed by atoms with Gasteiger partial charge in [-0.25, -0.2) is 9.97 Å². The zero-order chi connectivity index (χ0) is 39.5. The second kappa shape index (κ2) is 14.9. The fourth-order valence-electron chi connectivity index (χ4n) is 10.7. The Morgan fingerprint density at radius 3 is 2.41 bits per heavy atom. The summed E-state index contributed by atoms with van der Waals surface area (Å²) in [5, 5.41) is 3.85. The van der Waals surface area contributed by atoms with E-state index in [-0.39, 0.29) is 11.8 Å². The fourth-order valence-corrected chi connectivity index (χ4v) is 10.7. The van der Waals surface area contributed by atoms with E-state index in [1.165, 1.54) is 83.1 Å². The average Bonchev–Trinajstić information content (AvgIpc) is 3.30. The highest BCUT2D eigenvalue weighted by atomic mass is 14.7. The van der Waals surface area contributed by atoms with E-state index in [1.54, 1.807) is 0 Å². The lowest BCUT2D eigenvalue weighted by atomic mass is 9.66. The highest BCUT2D eigenvalue weighted by molar-refractivity contribution is 6.15. The van der Waals surface area contributed by atoms with Crippen LogP contribution in [0.2, 0.25) is 0 Å². The Morgan fingerprint density at radius 2 is 1.54 bits per heavy atom. The third-order valence-electron chi connectivity index (χ3n) is 13.6. The highest BCUT2D eigenvalue weighted by Gasteiger charge is 2.37. The zero-order valence-electron chi connectivity index (χ0n) is 34.2. The second-order valence-corrected chi connectivity index (χ2v) is 17.2. The minimum Gasteiger partial charge on any atom is -0.247 e. The molecule has 0 N–H and O–H groups in total. The van der Waals surface area contributed by atoms with Gasteiger partial charge in [-0.3, -0.25) is 0 Å². The van der Waals surface area contributed by atoms with Gasteiger partial charge in [0.05, 0.1) is 22.6 Å². The first-order valence-electron chi connectivity index (χ1n) is 22.0. The van der Waals surface area contributed by atoms with Crippen LogP contribution in [0.25, 0.3) is 62.3 Å². The third kappa shape index (κ3) is 6.15. The Labute approximate surface area is 348 Å². The molecule has 288 valence electrons. The summed E-state index contributed by atoms with van der Waals surface area (Å²) in [6.07, 6.45) is 44.3. The van der Waals surface area contributed by atoms with E-state index in [2.05, 4.69) is 166 Å². The normalized spacial score (nSPS) is 21.7. The smallest absolute Gasteiger partial charge is 0.0788 e. The average molecular weight is 763 g/mol. The standard InChI is InChI=1S/C57H50N2/c1-3-4-18-39-33-53-49(31-36(39)2)55-45-28-14-12-26-43(45)48(35-51(55)57(59-53)38-21-9-6-10-22-38)41-24-17-23-40(32-41)47-34-50-54(44-27-13-11-25-42(44)47)46-29-15-16-30-52(46)58-56(50)37-19-7-5-8-20-37/h4-5,7-9,11-12,14-16,18-23,25-26,28-30,32-36,43,45H,3,6,10,13,17,24,27,31H2,1-2H3/b18-4-. The molecule has 0 aliphatic heterocycles. The van der Waals surface area contributed by atoms with Crippen LogP contribution in [-0.4, -0.2) is 9.97 Å². The van der Waals surface area contributed by atoms with Gasteiger partial charge >= 0.3 is 0 Å². The quantitative estimate of drug-likeness (QED) is 0.161. The molecule has 3 aromatic carbocycles. The van der Waals surface area contributed by atoms with Crippen LogP contribution in [0.1, 0.15) is 103 Å². The van der Waals surface area contributed by atoms with Gasteiger partial charge in [0.1, 0.15) is 0 Å². The van der Waals surface area contributed by atoms with Crippen LogP contribution in [0.4, 0.5) is 0 Å². The fraction of sp³-hybridized carbons (Fsp3) is 0.228. The first kappa shape index (κ1) is 36.0. The summed E-state index contributed by atoms with van der Waals surface area (Å²) in [6, 6.07) is 22.0. The van der Waals surface area contributed by atoms with Crippen molar-refractivity contribution in [3.8, 4) is 11.3 Å². The number of allylic oxidation sites excluding steroid dienone is 17. The Kier molecular flexibility index (Phi) is 9.10.